The molecule has 0 radical (unpaired) electrons. The number of aryl methyl sites for hydroxylation is 1. The van der Waals surface area contributed by atoms with Crippen molar-refractivity contribution >= 4 is 34.8 Å². The van der Waals surface area contributed by atoms with Crippen LogP contribution in [0.15, 0.2) is 53.1 Å². The van der Waals surface area contributed by atoms with E-state index >= 15 is 0 Å². The fraction of sp³-hybridized carbons (Fsp3) is 0.455. The molecule has 2 aliphatic heterocycles. The Hall–Kier alpha value is -4.34. The minimum absolute atomic E-state index is 0.165. The second-order valence-electron chi connectivity index (χ2n) is 11.9. The van der Waals surface area contributed by atoms with Crippen molar-refractivity contribution < 1.29 is 18.8 Å². The molecule has 1 saturated carbocycles. The largest absolute Gasteiger partial charge is 0.435 e. The van der Waals surface area contributed by atoms with Gasteiger partial charge in [-0.3, -0.25) is 14.4 Å². The third kappa shape index (κ3) is 6.53. The number of carbonyl (C=O) groups excluding carboxylic acids is 3. The molecule has 6 rings (SSSR count). The molecular weight excluding hydrogens is 544 g/mol. The van der Waals surface area contributed by atoms with Gasteiger partial charge < -0.3 is 29.8 Å². The van der Waals surface area contributed by atoms with Crippen molar-refractivity contribution in [1.29, 1.82) is 0 Å². The van der Waals surface area contributed by atoms with Gasteiger partial charge in [0.15, 0.2) is 5.89 Å². The number of rotatable bonds is 10. The molecule has 2 saturated heterocycles. The Morgan fingerprint density at radius 3 is 2.42 bits per heavy atom. The van der Waals surface area contributed by atoms with E-state index in [1.807, 2.05) is 11.0 Å². The summed E-state index contributed by atoms with van der Waals surface area (Å²) in [5.74, 6) is 0.656. The van der Waals surface area contributed by atoms with Crippen LogP contribution < -0.4 is 20.4 Å². The fourth-order valence-electron chi connectivity index (χ4n) is 6.03. The minimum Gasteiger partial charge on any atom is -0.435 e. The highest BCUT2D eigenvalue weighted by atomic mass is 16.4. The molecule has 1 aliphatic carbocycles. The number of para-hydroxylation sites is 1. The summed E-state index contributed by atoms with van der Waals surface area (Å²) in [6.07, 6.45) is 5.72. The second kappa shape index (κ2) is 12.5. The molecule has 2 aromatic carbocycles. The first-order valence-electron chi connectivity index (χ1n) is 15.4. The number of anilines is 3. The van der Waals surface area contributed by atoms with Gasteiger partial charge in [-0.15, -0.1) is 0 Å². The SMILES string of the molecule is Cc1ccccc1N1CCN(c2ccc(C(=O)NCCCN3C(=O)CCC3C)cc2NC(=O)c2cnc(C3CC3)o2)CC1. The van der Waals surface area contributed by atoms with Crippen molar-refractivity contribution in [2.45, 2.75) is 57.9 Å². The first-order chi connectivity index (χ1) is 20.9. The van der Waals surface area contributed by atoms with E-state index < -0.39 is 0 Å². The molecule has 43 heavy (non-hydrogen) atoms. The highest BCUT2D eigenvalue weighted by Gasteiger charge is 2.30. The van der Waals surface area contributed by atoms with Gasteiger partial charge in [0, 0.05) is 68.9 Å². The topological polar surface area (TPSA) is 111 Å². The van der Waals surface area contributed by atoms with Crippen LogP contribution in [-0.2, 0) is 4.79 Å². The summed E-state index contributed by atoms with van der Waals surface area (Å²) in [7, 11) is 0. The van der Waals surface area contributed by atoms with Crippen LogP contribution in [0, 0.1) is 6.92 Å². The summed E-state index contributed by atoms with van der Waals surface area (Å²) in [4.78, 5) is 49.2. The molecule has 0 bridgehead atoms. The van der Waals surface area contributed by atoms with Crippen molar-refractivity contribution in [3.63, 3.8) is 0 Å². The molecule has 226 valence electrons. The standard InChI is InChI=1S/C33H40N6O4/c1-22-6-3-4-7-27(22)37-16-18-38(19-17-37)28-12-11-25(31(41)34-14-5-15-39-23(2)8-13-30(39)40)20-26(28)36-32(42)29-21-35-33(43-29)24-9-10-24/h3-4,6-7,11-12,20-21,23-24H,5,8-10,13-19H2,1-2H3,(H,34,41)(H,36,42). The Balaban J connectivity index is 1.15. The van der Waals surface area contributed by atoms with Gasteiger partial charge in [-0.1, -0.05) is 18.2 Å². The molecular formula is C33H40N6O4. The Morgan fingerprint density at radius 1 is 0.977 bits per heavy atom. The first kappa shape index (κ1) is 28.8. The lowest BCUT2D eigenvalue weighted by Crippen LogP contribution is -2.47. The molecule has 3 fully saturated rings. The predicted molar refractivity (Wildman–Crippen MR) is 166 cm³/mol. The maximum absolute atomic E-state index is 13.2. The lowest BCUT2D eigenvalue weighted by Gasteiger charge is -2.38. The Labute approximate surface area is 252 Å². The van der Waals surface area contributed by atoms with Gasteiger partial charge in [0.2, 0.25) is 11.7 Å². The highest BCUT2D eigenvalue weighted by Crippen LogP contribution is 2.39. The number of likely N-dealkylation sites (tertiary alicyclic amines) is 1. The van der Waals surface area contributed by atoms with Crippen LogP contribution in [0.4, 0.5) is 17.1 Å². The zero-order valence-corrected chi connectivity index (χ0v) is 25.0. The summed E-state index contributed by atoms with van der Waals surface area (Å²) in [6.45, 7) is 8.50. The monoisotopic (exact) mass is 584 g/mol. The average Bonchev–Trinajstić information content (AvgIpc) is 3.66. The number of piperazine rings is 1. The number of oxazole rings is 1. The van der Waals surface area contributed by atoms with E-state index in [2.05, 4.69) is 63.5 Å². The van der Waals surface area contributed by atoms with Crippen molar-refractivity contribution in [1.82, 2.24) is 15.2 Å². The molecule has 10 heteroatoms. The number of nitrogens with zero attached hydrogens (tertiary/aromatic N) is 4. The highest BCUT2D eigenvalue weighted by molar-refractivity contribution is 6.05. The summed E-state index contributed by atoms with van der Waals surface area (Å²) in [5, 5.41) is 5.98. The zero-order chi connectivity index (χ0) is 29.9. The maximum atomic E-state index is 13.2. The minimum atomic E-state index is -0.388. The third-order valence-electron chi connectivity index (χ3n) is 8.75. The number of nitrogens with one attached hydrogen (secondary N) is 2. The number of amides is 3. The summed E-state index contributed by atoms with van der Waals surface area (Å²) >= 11 is 0. The van der Waals surface area contributed by atoms with Gasteiger partial charge in [0.1, 0.15) is 0 Å². The number of carbonyl (C=O) groups is 3. The van der Waals surface area contributed by atoms with E-state index in [9.17, 15) is 14.4 Å². The number of aromatic nitrogens is 1. The molecule has 1 aromatic heterocycles. The summed E-state index contributed by atoms with van der Waals surface area (Å²) < 4.78 is 5.75. The third-order valence-corrected chi connectivity index (χ3v) is 8.75. The van der Waals surface area contributed by atoms with Crippen LogP contribution in [0.5, 0.6) is 0 Å². The molecule has 0 spiro atoms. The number of hydrogen-bond acceptors (Lipinski definition) is 7. The van der Waals surface area contributed by atoms with Crippen molar-refractivity contribution in [3.05, 3.63) is 71.4 Å². The fourth-order valence-corrected chi connectivity index (χ4v) is 6.03. The van der Waals surface area contributed by atoms with E-state index in [0.29, 0.717) is 49.0 Å². The summed E-state index contributed by atoms with van der Waals surface area (Å²) in [5.41, 5.74) is 4.36. The Kier molecular flexibility index (Phi) is 8.35. The van der Waals surface area contributed by atoms with Crippen LogP contribution >= 0.6 is 0 Å². The van der Waals surface area contributed by atoms with Gasteiger partial charge in [-0.2, -0.15) is 0 Å². The number of benzene rings is 2. The molecule has 3 heterocycles. The number of hydrogen-bond donors (Lipinski definition) is 2. The molecule has 3 amide bonds. The van der Waals surface area contributed by atoms with Gasteiger partial charge in [-0.25, -0.2) is 4.98 Å². The van der Waals surface area contributed by atoms with Gasteiger partial charge in [0.05, 0.1) is 17.6 Å². The second-order valence-corrected chi connectivity index (χ2v) is 11.9. The van der Waals surface area contributed by atoms with Gasteiger partial charge >= 0.3 is 0 Å². The Bertz CT molecular complexity index is 1490. The van der Waals surface area contributed by atoms with Gasteiger partial charge in [-0.05, 0) is 69.4 Å². The quantitative estimate of drug-likeness (QED) is 0.336. The predicted octanol–water partition coefficient (Wildman–Crippen LogP) is 4.57. The molecule has 1 atom stereocenters. The van der Waals surface area contributed by atoms with Crippen LogP contribution in [0.3, 0.4) is 0 Å². The Morgan fingerprint density at radius 2 is 1.72 bits per heavy atom. The van der Waals surface area contributed by atoms with Crippen LogP contribution in [0.25, 0.3) is 0 Å². The average molecular weight is 585 g/mol. The van der Waals surface area contributed by atoms with E-state index in [0.717, 1.165) is 51.1 Å². The van der Waals surface area contributed by atoms with Crippen LogP contribution in [0.1, 0.15) is 77.3 Å². The molecule has 3 aromatic rings. The smallest absolute Gasteiger partial charge is 0.293 e. The van der Waals surface area contributed by atoms with Crippen LogP contribution in [-0.4, -0.2) is 72.9 Å². The van der Waals surface area contributed by atoms with Gasteiger partial charge in [0.25, 0.3) is 11.8 Å². The zero-order valence-electron chi connectivity index (χ0n) is 25.0. The summed E-state index contributed by atoms with van der Waals surface area (Å²) in [6, 6.07) is 14.1. The molecule has 1 unspecified atom stereocenters. The van der Waals surface area contributed by atoms with Crippen molar-refractivity contribution in [2.75, 3.05) is 54.4 Å². The van der Waals surface area contributed by atoms with E-state index in [-0.39, 0.29) is 29.5 Å². The molecule has 2 N–H and O–H groups in total. The molecule has 3 aliphatic rings. The maximum Gasteiger partial charge on any atom is 0.293 e. The van der Waals surface area contributed by atoms with E-state index in [1.165, 1.54) is 17.4 Å². The lowest BCUT2D eigenvalue weighted by atomic mass is 10.1. The lowest BCUT2D eigenvalue weighted by molar-refractivity contribution is -0.128. The molecule has 10 nitrogen and oxygen atoms in total. The van der Waals surface area contributed by atoms with E-state index in [1.54, 1.807) is 12.1 Å². The van der Waals surface area contributed by atoms with Crippen LogP contribution in [0.2, 0.25) is 0 Å². The van der Waals surface area contributed by atoms with E-state index in [4.69, 9.17) is 4.42 Å². The normalized spacial score (nSPS) is 18.7. The first-order valence-corrected chi connectivity index (χ1v) is 15.4. The van der Waals surface area contributed by atoms with Crippen molar-refractivity contribution in [3.8, 4) is 0 Å². The van der Waals surface area contributed by atoms with Crippen molar-refractivity contribution in [2.24, 2.45) is 0 Å².